The SMILES string of the molecule is Cc1cc([N+](=O)[O-])cc(C(=O)NC2CCCC2CO)c1F. The number of nitrogens with one attached hydrogen (secondary N) is 1. The molecule has 0 spiro atoms. The second kappa shape index (κ2) is 6.17. The monoisotopic (exact) mass is 296 g/mol. The lowest BCUT2D eigenvalue weighted by Gasteiger charge is -2.19. The first-order valence-corrected chi connectivity index (χ1v) is 6.80. The minimum Gasteiger partial charge on any atom is -0.396 e. The van der Waals surface area contributed by atoms with Crippen molar-refractivity contribution in [3.05, 3.63) is 39.2 Å². The van der Waals surface area contributed by atoms with E-state index in [4.69, 9.17) is 0 Å². The molecule has 2 rings (SSSR count). The molecule has 2 unspecified atom stereocenters. The van der Waals surface area contributed by atoms with Crippen molar-refractivity contribution in [1.29, 1.82) is 0 Å². The quantitative estimate of drug-likeness (QED) is 0.656. The molecule has 1 aromatic carbocycles. The number of benzene rings is 1. The maximum Gasteiger partial charge on any atom is 0.270 e. The molecule has 1 aromatic rings. The van der Waals surface area contributed by atoms with Crippen molar-refractivity contribution in [2.24, 2.45) is 5.92 Å². The molecule has 2 atom stereocenters. The molecular formula is C14H17FN2O4. The number of nitro benzene ring substituents is 1. The molecule has 0 saturated heterocycles. The fourth-order valence-electron chi connectivity index (χ4n) is 2.71. The molecule has 6 nitrogen and oxygen atoms in total. The van der Waals surface area contributed by atoms with Gasteiger partial charge in [-0.2, -0.15) is 0 Å². The number of non-ortho nitro benzene ring substituents is 1. The van der Waals surface area contributed by atoms with Crippen LogP contribution in [0, 0.1) is 28.8 Å². The van der Waals surface area contributed by atoms with Gasteiger partial charge in [0.15, 0.2) is 0 Å². The van der Waals surface area contributed by atoms with Gasteiger partial charge in [0, 0.05) is 30.7 Å². The lowest BCUT2D eigenvalue weighted by Crippen LogP contribution is -2.39. The average Bonchev–Trinajstić information content (AvgIpc) is 2.88. The van der Waals surface area contributed by atoms with E-state index in [0.717, 1.165) is 25.0 Å². The van der Waals surface area contributed by atoms with Crippen LogP contribution in [0.1, 0.15) is 35.2 Å². The minimum absolute atomic E-state index is 0.0403. The zero-order valence-electron chi connectivity index (χ0n) is 11.6. The second-order valence-electron chi connectivity index (χ2n) is 5.33. The smallest absolute Gasteiger partial charge is 0.270 e. The van der Waals surface area contributed by atoms with Gasteiger partial charge in [-0.25, -0.2) is 4.39 Å². The Labute approximate surface area is 121 Å². The fraction of sp³-hybridized carbons (Fsp3) is 0.500. The van der Waals surface area contributed by atoms with Gasteiger partial charge in [-0.3, -0.25) is 14.9 Å². The van der Waals surface area contributed by atoms with Gasteiger partial charge < -0.3 is 10.4 Å². The number of hydrogen-bond acceptors (Lipinski definition) is 4. The van der Waals surface area contributed by atoms with Gasteiger partial charge in [0.1, 0.15) is 5.82 Å². The van der Waals surface area contributed by atoms with Crippen LogP contribution in [0.2, 0.25) is 0 Å². The fourth-order valence-corrected chi connectivity index (χ4v) is 2.71. The summed E-state index contributed by atoms with van der Waals surface area (Å²) in [5, 5.41) is 22.7. The molecule has 1 saturated carbocycles. The van der Waals surface area contributed by atoms with Crippen molar-refractivity contribution in [3.8, 4) is 0 Å². The molecule has 0 bridgehead atoms. The van der Waals surface area contributed by atoms with Gasteiger partial charge in [0.2, 0.25) is 0 Å². The Bertz CT molecular complexity index is 576. The maximum absolute atomic E-state index is 14.0. The molecular weight excluding hydrogens is 279 g/mol. The highest BCUT2D eigenvalue weighted by molar-refractivity contribution is 5.95. The van der Waals surface area contributed by atoms with Crippen LogP contribution in [0.3, 0.4) is 0 Å². The Kier molecular flexibility index (Phi) is 4.52. The molecule has 21 heavy (non-hydrogen) atoms. The van der Waals surface area contributed by atoms with E-state index < -0.39 is 16.6 Å². The Hall–Kier alpha value is -2.02. The number of nitro groups is 1. The van der Waals surface area contributed by atoms with E-state index in [2.05, 4.69) is 5.32 Å². The number of rotatable bonds is 4. The first-order valence-electron chi connectivity index (χ1n) is 6.80. The van der Waals surface area contributed by atoms with E-state index in [-0.39, 0.29) is 35.4 Å². The summed E-state index contributed by atoms with van der Waals surface area (Å²) >= 11 is 0. The van der Waals surface area contributed by atoms with Gasteiger partial charge >= 0.3 is 0 Å². The Morgan fingerprint density at radius 2 is 2.24 bits per heavy atom. The molecule has 1 aliphatic carbocycles. The van der Waals surface area contributed by atoms with Gasteiger partial charge in [0.05, 0.1) is 10.5 Å². The van der Waals surface area contributed by atoms with Crippen LogP contribution < -0.4 is 5.32 Å². The van der Waals surface area contributed by atoms with Gasteiger partial charge in [0.25, 0.3) is 11.6 Å². The van der Waals surface area contributed by atoms with Crippen LogP contribution >= 0.6 is 0 Å². The number of aliphatic hydroxyl groups excluding tert-OH is 1. The minimum atomic E-state index is -0.753. The molecule has 2 N–H and O–H groups in total. The summed E-state index contributed by atoms with van der Waals surface area (Å²) in [5.74, 6) is -1.47. The van der Waals surface area contributed by atoms with Gasteiger partial charge in [-0.05, 0) is 25.3 Å². The lowest BCUT2D eigenvalue weighted by atomic mass is 10.0. The standard InChI is InChI=1S/C14H17FN2O4/c1-8-5-10(17(20)21)6-11(13(8)15)14(19)16-12-4-2-3-9(12)7-18/h5-6,9,12,18H,2-4,7H2,1H3,(H,16,19). The molecule has 1 amide bonds. The Morgan fingerprint density at radius 1 is 1.52 bits per heavy atom. The van der Waals surface area contributed by atoms with E-state index in [1.807, 2.05) is 0 Å². The number of aryl methyl sites for hydroxylation is 1. The van der Waals surface area contributed by atoms with Crippen molar-refractivity contribution in [3.63, 3.8) is 0 Å². The van der Waals surface area contributed by atoms with E-state index >= 15 is 0 Å². The summed E-state index contributed by atoms with van der Waals surface area (Å²) in [6, 6.07) is 1.82. The normalized spacial score (nSPS) is 21.3. The predicted octanol–water partition coefficient (Wildman–Crippen LogP) is 1.93. The number of hydrogen-bond donors (Lipinski definition) is 2. The van der Waals surface area contributed by atoms with Crippen LogP contribution in [0.4, 0.5) is 10.1 Å². The Morgan fingerprint density at radius 3 is 2.86 bits per heavy atom. The van der Waals surface area contributed by atoms with Crippen LogP contribution in [0.25, 0.3) is 0 Å². The molecule has 1 fully saturated rings. The number of carbonyl (C=O) groups is 1. The number of nitrogens with zero attached hydrogens (tertiary/aromatic N) is 1. The van der Waals surface area contributed by atoms with E-state index in [1.165, 1.54) is 6.92 Å². The summed E-state index contributed by atoms with van der Waals surface area (Å²) in [4.78, 5) is 22.3. The molecule has 1 aliphatic rings. The number of aliphatic hydroxyl groups is 1. The van der Waals surface area contributed by atoms with Crippen molar-refractivity contribution in [2.45, 2.75) is 32.2 Å². The van der Waals surface area contributed by atoms with Crippen molar-refractivity contribution in [1.82, 2.24) is 5.32 Å². The predicted molar refractivity (Wildman–Crippen MR) is 73.5 cm³/mol. The number of carbonyl (C=O) groups excluding carboxylic acids is 1. The van der Waals surface area contributed by atoms with Crippen LogP contribution in [0.15, 0.2) is 12.1 Å². The summed E-state index contributed by atoms with van der Waals surface area (Å²) < 4.78 is 14.0. The first-order chi connectivity index (χ1) is 9.93. The third-order valence-electron chi connectivity index (χ3n) is 3.90. The third kappa shape index (κ3) is 3.18. The van der Waals surface area contributed by atoms with Crippen LogP contribution in [-0.4, -0.2) is 28.6 Å². The molecule has 0 heterocycles. The van der Waals surface area contributed by atoms with Crippen LogP contribution in [-0.2, 0) is 0 Å². The zero-order chi connectivity index (χ0) is 15.6. The summed E-state index contributed by atoms with van der Waals surface area (Å²) in [6.07, 6.45) is 2.40. The van der Waals surface area contributed by atoms with E-state index in [0.29, 0.717) is 6.42 Å². The van der Waals surface area contributed by atoms with Gasteiger partial charge in [-0.15, -0.1) is 0 Å². The van der Waals surface area contributed by atoms with Crippen molar-refractivity contribution < 1.29 is 19.2 Å². The molecule has 0 aliphatic heterocycles. The van der Waals surface area contributed by atoms with Gasteiger partial charge in [-0.1, -0.05) is 6.42 Å². The summed E-state index contributed by atoms with van der Waals surface area (Å²) in [5.41, 5.74) is -0.589. The van der Waals surface area contributed by atoms with E-state index in [9.17, 15) is 24.4 Å². The number of amides is 1. The number of halogens is 1. The van der Waals surface area contributed by atoms with Crippen molar-refractivity contribution >= 4 is 11.6 Å². The van der Waals surface area contributed by atoms with Crippen molar-refractivity contribution in [2.75, 3.05) is 6.61 Å². The maximum atomic E-state index is 14.0. The summed E-state index contributed by atoms with van der Waals surface area (Å²) in [7, 11) is 0. The largest absolute Gasteiger partial charge is 0.396 e. The third-order valence-corrected chi connectivity index (χ3v) is 3.90. The highest BCUT2D eigenvalue weighted by atomic mass is 19.1. The topological polar surface area (TPSA) is 92.5 Å². The van der Waals surface area contributed by atoms with Crippen LogP contribution in [0.5, 0.6) is 0 Å². The molecule has 0 radical (unpaired) electrons. The highest BCUT2D eigenvalue weighted by Gasteiger charge is 2.29. The summed E-state index contributed by atoms with van der Waals surface area (Å²) in [6.45, 7) is 1.34. The Balaban J connectivity index is 2.24. The molecule has 7 heteroatoms. The zero-order valence-corrected chi connectivity index (χ0v) is 11.6. The first kappa shape index (κ1) is 15.4. The van der Waals surface area contributed by atoms with E-state index in [1.54, 1.807) is 0 Å². The molecule has 0 aromatic heterocycles. The average molecular weight is 296 g/mol. The lowest BCUT2D eigenvalue weighted by molar-refractivity contribution is -0.385. The highest BCUT2D eigenvalue weighted by Crippen LogP contribution is 2.26. The second-order valence-corrected chi connectivity index (χ2v) is 5.33. The molecule has 114 valence electrons.